The van der Waals surface area contributed by atoms with Crippen molar-refractivity contribution in [1.82, 2.24) is 10.2 Å². The van der Waals surface area contributed by atoms with Crippen molar-refractivity contribution in [3.05, 3.63) is 20.8 Å². The second-order valence-corrected chi connectivity index (χ2v) is 7.20. The lowest BCUT2D eigenvalue weighted by Gasteiger charge is -2.17. The Hall–Kier alpha value is -1.08. The molecule has 0 atom stereocenters. The summed E-state index contributed by atoms with van der Waals surface area (Å²) in [6, 6.07) is 1.93. The highest BCUT2D eigenvalue weighted by atomic mass is 79.9. The Morgan fingerprint density at radius 2 is 2.05 bits per heavy atom. The Bertz CT molecular complexity index is 465. The lowest BCUT2D eigenvalue weighted by Crippen LogP contribution is -2.37. The van der Waals surface area contributed by atoms with Crippen molar-refractivity contribution in [1.29, 1.82) is 0 Å². The van der Waals surface area contributed by atoms with Crippen LogP contribution in [0.25, 0.3) is 0 Å². The van der Waals surface area contributed by atoms with Gasteiger partial charge in [0.1, 0.15) is 0 Å². The zero-order valence-electron chi connectivity index (χ0n) is 12.1. The summed E-state index contributed by atoms with van der Waals surface area (Å²) in [6.45, 7) is 1.22. The first-order valence-corrected chi connectivity index (χ1v) is 8.60. The molecule has 0 unspecified atom stereocenters. The number of carbonyl (C=O) groups excluding carboxylic acids is 1. The van der Waals surface area contributed by atoms with Gasteiger partial charge in [0.15, 0.2) is 0 Å². The van der Waals surface area contributed by atoms with E-state index < -0.39 is 5.97 Å². The molecule has 2 N–H and O–H groups in total. The van der Waals surface area contributed by atoms with E-state index in [-0.39, 0.29) is 12.5 Å². The molecule has 118 valence electrons. The molecule has 0 saturated carbocycles. The van der Waals surface area contributed by atoms with Gasteiger partial charge in [0, 0.05) is 26.6 Å². The molecule has 0 aliphatic carbocycles. The highest BCUT2D eigenvalue weighted by Crippen LogP contribution is 2.21. The van der Waals surface area contributed by atoms with Gasteiger partial charge in [-0.15, -0.1) is 11.3 Å². The number of nitrogens with zero attached hydrogens (tertiary/aromatic N) is 1. The average molecular weight is 377 g/mol. The molecule has 1 aromatic heterocycles. The molecule has 1 heterocycles. The van der Waals surface area contributed by atoms with E-state index in [1.807, 2.05) is 11.4 Å². The second kappa shape index (κ2) is 9.78. The largest absolute Gasteiger partial charge is 0.481 e. The summed E-state index contributed by atoms with van der Waals surface area (Å²) in [4.78, 5) is 23.9. The van der Waals surface area contributed by atoms with Crippen molar-refractivity contribution in [2.75, 3.05) is 13.6 Å². The Morgan fingerprint density at radius 3 is 2.67 bits per heavy atom. The van der Waals surface area contributed by atoms with Gasteiger partial charge in [0.2, 0.25) is 0 Å². The van der Waals surface area contributed by atoms with E-state index in [0.717, 1.165) is 28.6 Å². The summed E-state index contributed by atoms with van der Waals surface area (Å²) in [5, 5.41) is 13.4. The Labute approximate surface area is 137 Å². The van der Waals surface area contributed by atoms with E-state index in [9.17, 15) is 9.59 Å². The summed E-state index contributed by atoms with van der Waals surface area (Å²) < 4.78 is 1.06. The summed E-state index contributed by atoms with van der Waals surface area (Å²) in [5.41, 5.74) is 1.11. The number of hydrogen-bond acceptors (Lipinski definition) is 3. The van der Waals surface area contributed by atoms with E-state index in [0.29, 0.717) is 19.5 Å². The van der Waals surface area contributed by atoms with Gasteiger partial charge in [0.05, 0.1) is 3.79 Å². The van der Waals surface area contributed by atoms with Crippen LogP contribution in [0.15, 0.2) is 15.2 Å². The zero-order chi connectivity index (χ0) is 15.7. The van der Waals surface area contributed by atoms with Crippen molar-refractivity contribution in [3.63, 3.8) is 0 Å². The van der Waals surface area contributed by atoms with Crippen molar-refractivity contribution in [2.24, 2.45) is 0 Å². The third-order valence-corrected chi connectivity index (χ3v) is 4.54. The van der Waals surface area contributed by atoms with E-state index >= 15 is 0 Å². The van der Waals surface area contributed by atoms with Crippen LogP contribution in [0.5, 0.6) is 0 Å². The first kappa shape index (κ1) is 18.0. The molecule has 0 fully saturated rings. The van der Waals surface area contributed by atoms with Crippen LogP contribution in [0.3, 0.4) is 0 Å². The van der Waals surface area contributed by atoms with Crippen molar-refractivity contribution < 1.29 is 14.7 Å². The lowest BCUT2D eigenvalue weighted by molar-refractivity contribution is -0.137. The van der Waals surface area contributed by atoms with Gasteiger partial charge in [0.25, 0.3) is 0 Å². The van der Waals surface area contributed by atoms with Gasteiger partial charge in [-0.3, -0.25) is 4.79 Å². The number of carbonyl (C=O) groups is 2. The number of hydrogen-bond donors (Lipinski definition) is 2. The van der Waals surface area contributed by atoms with Gasteiger partial charge in [-0.2, -0.15) is 0 Å². The minimum atomic E-state index is -0.745. The summed E-state index contributed by atoms with van der Waals surface area (Å²) >= 11 is 5.01. The fraction of sp³-hybridized carbons (Fsp3) is 0.571. The van der Waals surface area contributed by atoms with Crippen LogP contribution in [0.1, 0.15) is 37.7 Å². The minimum absolute atomic E-state index is 0.0807. The summed E-state index contributed by atoms with van der Waals surface area (Å²) in [7, 11) is 1.77. The summed E-state index contributed by atoms with van der Waals surface area (Å²) in [5.74, 6) is -0.745. The number of thiophene rings is 1. The van der Waals surface area contributed by atoms with Crippen LogP contribution in [0.2, 0.25) is 0 Å². The SMILES string of the molecule is CN(Cc1csc(Br)c1)C(=O)NCCCCCCC(=O)O. The number of aliphatic carboxylic acids is 1. The first-order chi connectivity index (χ1) is 9.99. The van der Waals surface area contributed by atoms with E-state index in [1.165, 1.54) is 0 Å². The van der Waals surface area contributed by atoms with Gasteiger partial charge in [-0.25, -0.2) is 4.79 Å². The highest BCUT2D eigenvalue weighted by Gasteiger charge is 2.09. The molecule has 0 aliphatic rings. The van der Waals surface area contributed by atoms with Crippen molar-refractivity contribution in [3.8, 4) is 0 Å². The minimum Gasteiger partial charge on any atom is -0.481 e. The predicted octanol–water partition coefficient (Wildman–Crippen LogP) is 3.69. The number of carboxylic acid groups (broad SMARTS) is 1. The van der Waals surface area contributed by atoms with Crippen LogP contribution in [-0.2, 0) is 11.3 Å². The predicted molar refractivity (Wildman–Crippen MR) is 87.6 cm³/mol. The standard InChI is InChI=1S/C14H21BrN2O3S/c1-17(9-11-8-12(15)21-10-11)14(20)16-7-5-3-2-4-6-13(18)19/h8,10H,2-7,9H2,1H3,(H,16,20)(H,18,19). The average Bonchev–Trinajstić information content (AvgIpc) is 2.82. The van der Waals surface area contributed by atoms with Gasteiger partial charge in [-0.05, 0) is 45.8 Å². The number of carboxylic acids is 1. The first-order valence-electron chi connectivity index (χ1n) is 6.92. The fourth-order valence-corrected chi connectivity index (χ4v) is 3.06. The molecular weight excluding hydrogens is 356 g/mol. The lowest BCUT2D eigenvalue weighted by atomic mass is 10.1. The molecule has 0 spiro atoms. The van der Waals surface area contributed by atoms with E-state index in [4.69, 9.17) is 5.11 Å². The van der Waals surface area contributed by atoms with Gasteiger partial charge < -0.3 is 15.3 Å². The maximum absolute atomic E-state index is 11.9. The third-order valence-electron chi connectivity index (χ3n) is 2.98. The molecule has 0 aliphatic heterocycles. The fourth-order valence-electron chi connectivity index (χ4n) is 1.86. The third kappa shape index (κ3) is 8.06. The van der Waals surface area contributed by atoms with E-state index in [2.05, 4.69) is 21.2 Å². The van der Waals surface area contributed by atoms with Crippen LogP contribution in [0.4, 0.5) is 4.79 Å². The normalized spacial score (nSPS) is 10.4. The van der Waals surface area contributed by atoms with Crippen molar-refractivity contribution >= 4 is 39.3 Å². The number of amides is 2. The number of urea groups is 1. The number of halogens is 1. The quantitative estimate of drug-likeness (QED) is 0.645. The molecule has 21 heavy (non-hydrogen) atoms. The smallest absolute Gasteiger partial charge is 0.317 e. The molecule has 0 bridgehead atoms. The highest BCUT2D eigenvalue weighted by molar-refractivity contribution is 9.11. The van der Waals surface area contributed by atoms with Crippen LogP contribution in [-0.4, -0.2) is 35.6 Å². The van der Waals surface area contributed by atoms with Crippen LogP contribution >= 0.6 is 27.3 Å². The Balaban J connectivity index is 2.08. The maximum atomic E-state index is 11.9. The van der Waals surface area contributed by atoms with Crippen LogP contribution in [0, 0.1) is 0 Å². The molecule has 0 radical (unpaired) electrons. The molecule has 0 saturated heterocycles. The van der Waals surface area contributed by atoms with E-state index in [1.54, 1.807) is 23.3 Å². The molecule has 5 nitrogen and oxygen atoms in total. The molecule has 7 heteroatoms. The molecule has 2 amide bonds. The topological polar surface area (TPSA) is 69.6 Å². The number of nitrogens with one attached hydrogen (secondary N) is 1. The molecule has 0 aromatic carbocycles. The summed E-state index contributed by atoms with van der Waals surface area (Å²) in [6.07, 6.45) is 3.64. The maximum Gasteiger partial charge on any atom is 0.317 e. The molecular formula is C14H21BrN2O3S. The number of rotatable bonds is 9. The number of unbranched alkanes of at least 4 members (excludes halogenated alkanes) is 3. The van der Waals surface area contributed by atoms with Gasteiger partial charge >= 0.3 is 12.0 Å². The second-order valence-electron chi connectivity index (χ2n) is 4.91. The molecule has 1 aromatic rings. The van der Waals surface area contributed by atoms with Gasteiger partial charge in [-0.1, -0.05) is 12.8 Å². The van der Waals surface area contributed by atoms with Crippen LogP contribution < -0.4 is 5.32 Å². The molecule has 1 rings (SSSR count). The Morgan fingerprint density at radius 1 is 1.33 bits per heavy atom. The zero-order valence-corrected chi connectivity index (χ0v) is 14.5. The Kier molecular flexibility index (Phi) is 8.37. The monoisotopic (exact) mass is 376 g/mol. The van der Waals surface area contributed by atoms with Crippen molar-refractivity contribution in [2.45, 2.75) is 38.6 Å².